The van der Waals surface area contributed by atoms with Crippen LogP contribution in [0.5, 0.6) is 0 Å². The number of carboxylic acids is 1. The highest BCUT2D eigenvalue weighted by molar-refractivity contribution is 5.80. The van der Waals surface area contributed by atoms with Crippen molar-refractivity contribution in [1.29, 1.82) is 0 Å². The molecule has 9 heteroatoms. The average Bonchev–Trinajstić information content (AvgIpc) is 3.28. The predicted molar refractivity (Wildman–Crippen MR) is 148 cm³/mol. The van der Waals surface area contributed by atoms with Gasteiger partial charge in [-0.15, -0.1) is 0 Å². The SMILES string of the molecule is COC(=O)CC[C@@H](C)[C@H]1CC[C@H]2[C@@H]3[C@H](O)C[C@@H]4C[C@@H](OCCNC(=O)CCC(=O)O)CC[C@]4(C)[C@H]3C[C@H](O)[C@]12C. The second-order valence-corrected chi connectivity index (χ2v) is 13.7. The second kappa shape index (κ2) is 12.7. The standard InChI is InChI=1S/C31H51NO8/c1-18(5-10-28(38)39-4)21-6-7-22-29-23(17-25(34)31(21,22)3)30(2)12-11-20(15-19(30)16-24(29)33)40-14-13-32-26(35)8-9-27(36)37/h18-25,29,33-34H,5-17H2,1-4H3,(H,32,35)(H,36,37)/t18-,19+,20+,21-,22+,23+,24-,25+,29+,30+,31-/m1/s1. The zero-order valence-corrected chi connectivity index (χ0v) is 24.8. The number of fused-ring (bicyclic) bond motifs is 5. The number of hydrogen-bond donors (Lipinski definition) is 4. The highest BCUT2D eigenvalue weighted by Gasteiger charge is 2.65. The predicted octanol–water partition coefficient (Wildman–Crippen LogP) is 3.54. The van der Waals surface area contributed by atoms with Gasteiger partial charge in [-0.3, -0.25) is 14.4 Å². The molecule has 0 unspecified atom stereocenters. The molecule has 4 aliphatic carbocycles. The molecule has 9 nitrogen and oxygen atoms in total. The van der Waals surface area contributed by atoms with E-state index < -0.39 is 18.2 Å². The summed E-state index contributed by atoms with van der Waals surface area (Å²) in [6, 6.07) is 0. The molecule has 0 saturated heterocycles. The quantitative estimate of drug-likeness (QED) is 0.220. The van der Waals surface area contributed by atoms with Gasteiger partial charge in [0.15, 0.2) is 0 Å². The van der Waals surface area contributed by atoms with Crippen molar-refractivity contribution in [3.63, 3.8) is 0 Å². The van der Waals surface area contributed by atoms with Gasteiger partial charge in [-0.05, 0) is 97.7 Å². The van der Waals surface area contributed by atoms with Crippen LogP contribution in [-0.2, 0) is 23.9 Å². The molecule has 0 aromatic carbocycles. The molecule has 11 atom stereocenters. The summed E-state index contributed by atoms with van der Waals surface area (Å²) in [6.45, 7) is 7.57. The van der Waals surface area contributed by atoms with Gasteiger partial charge >= 0.3 is 11.9 Å². The Morgan fingerprint density at radius 2 is 1.75 bits per heavy atom. The molecule has 0 bridgehead atoms. The van der Waals surface area contributed by atoms with Crippen LogP contribution in [0.25, 0.3) is 0 Å². The molecule has 4 saturated carbocycles. The molecular weight excluding hydrogens is 514 g/mol. The Morgan fingerprint density at radius 1 is 1.00 bits per heavy atom. The van der Waals surface area contributed by atoms with E-state index >= 15 is 0 Å². The summed E-state index contributed by atoms with van der Waals surface area (Å²) in [5, 5.41) is 34.8. The van der Waals surface area contributed by atoms with Gasteiger partial charge in [0.25, 0.3) is 0 Å². The number of rotatable bonds is 11. The molecule has 0 spiro atoms. The van der Waals surface area contributed by atoms with Crippen LogP contribution in [0.3, 0.4) is 0 Å². The minimum atomic E-state index is -0.985. The summed E-state index contributed by atoms with van der Waals surface area (Å²) in [6.07, 6.45) is 6.52. The Kier molecular flexibility index (Phi) is 9.88. The van der Waals surface area contributed by atoms with E-state index in [9.17, 15) is 24.6 Å². The van der Waals surface area contributed by atoms with Crippen molar-refractivity contribution in [2.24, 2.45) is 46.3 Å². The first-order chi connectivity index (χ1) is 18.9. The van der Waals surface area contributed by atoms with Gasteiger partial charge in [-0.1, -0.05) is 20.8 Å². The van der Waals surface area contributed by atoms with Crippen LogP contribution in [-0.4, -0.2) is 71.7 Å². The number of carbonyl (C=O) groups excluding carboxylic acids is 2. The number of methoxy groups -OCH3 is 1. The van der Waals surface area contributed by atoms with E-state index in [1.807, 2.05) is 0 Å². The van der Waals surface area contributed by atoms with Gasteiger partial charge < -0.3 is 30.1 Å². The smallest absolute Gasteiger partial charge is 0.305 e. The Hall–Kier alpha value is -1.71. The summed E-state index contributed by atoms with van der Waals surface area (Å²) in [5.74, 6) is 0.235. The highest BCUT2D eigenvalue weighted by atomic mass is 16.5. The Balaban J connectivity index is 1.36. The summed E-state index contributed by atoms with van der Waals surface area (Å²) < 4.78 is 11.0. The van der Waals surface area contributed by atoms with Crippen LogP contribution in [0, 0.1) is 46.3 Å². The number of carboxylic acid groups (broad SMARTS) is 1. The maximum atomic E-state index is 11.8. The molecular formula is C31H51NO8. The van der Waals surface area contributed by atoms with E-state index in [4.69, 9.17) is 14.6 Å². The number of aliphatic hydroxyl groups excluding tert-OH is 2. The van der Waals surface area contributed by atoms with Crippen molar-refractivity contribution < 1.29 is 39.2 Å². The molecule has 4 rings (SSSR count). The Morgan fingerprint density at radius 3 is 2.45 bits per heavy atom. The van der Waals surface area contributed by atoms with Crippen LogP contribution in [0.1, 0.15) is 91.4 Å². The maximum absolute atomic E-state index is 11.8. The monoisotopic (exact) mass is 565 g/mol. The first-order valence-corrected chi connectivity index (χ1v) is 15.4. The Labute approximate surface area is 238 Å². The van der Waals surface area contributed by atoms with Crippen molar-refractivity contribution in [3.05, 3.63) is 0 Å². The van der Waals surface area contributed by atoms with Gasteiger partial charge in [-0.2, -0.15) is 0 Å². The maximum Gasteiger partial charge on any atom is 0.305 e. The second-order valence-electron chi connectivity index (χ2n) is 13.7. The topological polar surface area (TPSA) is 142 Å². The molecule has 0 aromatic heterocycles. The number of aliphatic hydroxyl groups is 2. The lowest BCUT2D eigenvalue weighted by Gasteiger charge is -2.63. The first kappa shape index (κ1) is 31.2. The minimum absolute atomic E-state index is 0.0291. The van der Waals surface area contributed by atoms with Crippen LogP contribution in [0.2, 0.25) is 0 Å². The van der Waals surface area contributed by atoms with Crippen LogP contribution in [0.4, 0.5) is 0 Å². The lowest BCUT2D eigenvalue weighted by Crippen LogP contribution is -2.62. The first-order valence-electron chi connectivity index (χ1n) is 15.4. The van der Waals surface area contributed by atoms with Crippen molar-refractivity contribution in [1.82, 2.24) is 5.32 Å². The summed E-state index contributed by atoms with van der Waals surface area (Å²) in [7, 11) is 1.43. The van der Waals surface area contributed by atoms with Crippen LogP contribution < -0.4 is 5.32 Å². The lowest BCUT2D eigenvalue weighted by molar-refractivity contribution is -0.209. The molecule has 0 radical (unpaired) electrons. The largest absolute Gasteiger partial charge is 0.481 e. The number of esters is 1. The summed E-state index contributed by atoms with van der Waals surface area (Å²) in [4.78, 5) is 34.2. The van der Waals surface area contributed by atoms with E-state index in [0.29, 0.717) is 37.3 Å². The number of aliphatic carboxylic acids is 1. The fraction of sp³-hybridized carbons (Fsp3) is 0.903. The van der Waals surface area contributed by atoms with Gasteiger partial charge in [-0.25, -0.2) is 0 Å². The van der Waals surface area contributed by atoms with Crippen molar-refractivity contribution in [3.8, 4) is 0 Å². The van der Waals surface area contributed by atoms with Crippen molar-refractivity contribution in [2.75, 3.05) is 20.3 Å². The molecule has 4 aliphatic rings. The normalized spacial score (nSPS) is 41.2. The van der Waals surface area contributed by atoms with Crippen molar-refractivity contribution >= 4 is 17.8 Å². The third-order valence-corrected chi connectivity index (χ3v) is 11.9. The molecule has 4 fully saturated rings. The third-order valence-electron chi connectivity index (χ3n) is 11.9. The molecule has 0 heterocycles. The van der Waals surface area contributed by atoms with Gasteiger partial charge in [0.2, 0.25) is 5.91 Å². The number of nitrogens with one attached hydrogen (secondary N) is 1. The highest BCUT2D eigenvalue weighted by Crippen LogP contribution is 2.68. The number of ether oxygens (including phenoxy) is 2. The minimum Gasteiger partial charge on any atom is -0.481 e. The third kappa shape index (κ3) is 6.07. The van der Waals surface area contributed by atoms with E-state index in [-0.39, 0.29) is 59.4 Å². The fourth-order valence-corrected chi connectivity index (χ4v) is 9.64. The average molecular weight is 566 g/mol. The van der Waals surface area contributed by atoms with E-state index in [2.05, 4.69) is 26.1 Å². The Bertz CT molecular complexity index is 927. The molecule has 1 amide bonds. The van der Waals surface area contributed by atoms with E-state index in [0.717, 1.165) is 51.4 Å². The molecule has 0 aromatic rings. The molecule has 228 valence electrons. The molecule has 40 heavy (non-hydrogen) atoms. The number of hydrogen-bond acceptors (Lipinski definition) is 7. The summed E-state index contributed by atoms with van der Waals surface area (Å²) in [5.41, 5.74) is -0.207. The lowest BCUT2D eigenvalue weighted by atomic mass is 9.43. The summed E-state index contributed by atoms with van der Waals surface area (Å²) >= 11 is 0. The number of amides is 1. The fourth-order valence-electron chi connectivity index (χ4n) is 9.64. The van der Waals surface area contributed by atoms with Crippen LogP contribution in [0.15, 0.2) is 0 Å². The van der Waals surface area contributed by atoms with E-state index in [1.165, 1.54) is 7.11 Å². The van der Waals surface area contributed by atoms with E-state index in [1.54, 1.807) is 0 Å². The van der Waals surface area contributed by atoms with Gasteiger partial charge in [0.1, 0.15) is 0 Å². The number of carbonyl (C=O) groups is 3. The van der Waals surface area contributed by atoms with Gasteiger partial charge in [0, 0.05) is 19.4 Å². The molecule has 4 N–H and O–H groups in total. The zero-order valence-electron chi connectivity index (χ0n) is 24.8. The van der Waals surface area contributed by atoms with Gasteiger partial charge in [0.05, 0.1) is 38.4 Å². The van der Waals surface area contributed by atoms with Crippen molar-refractivity contribution in [2.45, 2.75) is 110 Å². The molecule has 0 aliphatic heterocycles. The van der Waals surface area contributed by atoms with Crippen LogP contribution >= 0.6 is 0 Å². The zero-order chi connectivity index (χ0) is 29.2.